The van der Waals surface area contributed by atoms with Crippen molar-refractivity contribution < 1.29 is 4.42 Å². The molecule has 5 heteroatoms. The molecule has 1 aliphatic rings. The lowest BCUT2D eigenvalue weighted by Gasteiger charge is -2.14. The van der Waals surface area contributed by atoms with Crippen molar-refractivity contribution in [1.82, 2.24) is 15.3 Å². The number of aryl methyl sites for hydroxylation is 2. The van der Waals surface area contributed by atoms with E-state index in [1.165, 1.54) is 17.8 Å². The fourth-order valence-electron chi connectivity index (χ4n) is 2.08. The molecule has 96 valence electrons. The molecule has 2 aromatic heterocycles. The molecular weight excluding hydrogens is 246 g/mol. The summed E-state index contributed by atoms with van der Waals surface area (Å²) in [6.45, 7) is 4.63. The lowest BCUT2D eigenvalue weighted by Crippen LogP contribution is -2.22. The van der Waals surface area contributed by atoms with E-state index in [0.29, 0.717) is 12.6 Å². The van der Waals surface area contributed by atoms with Gasteiger partial charge in [-0.3, -0.25) is 5.32 Å². The van der Waals surface area contributed by atoms with Crippen LogP contribution in [0.5, 0.6) is 0 Å². The van der Waals surface area contributed by atoms with Crippen LogP contribution < -0.4 is 5.32 Å². The number of hydrogen-bond acceptors (Lipinski definition) is 5. The Morgan fingerprint density at radius 3 is 2.89 bits per heavy atom. The van der Waals surface area contributed by atoms with Gasteiger partial charge in [0.05, 0.1) is 18.8 Å². The molecule has 1 fully saturated rings. The first-order chi connectivity index (χ1) is 8.72. The predicted molar refractivity (Wildman–Crippen MR) is 70.4 cm³/mol. The molecule has 0 aromatic carbocycles. The molecule has 0 unspecified atom stereocenters. The Balaban J connectivity index is 1.67. The van der Waals surface area contributed by atoms with Gasteiger partial charge >= 0.3 is 0 Å². The second-order valence-electron chi connectivity index (χ2n) is 4.89. The van der Waals surface area contributed by atoms with Crippen molar-refractivity contribution in [3.8, 4) is 0 Å². The van der Waals surface area contributed by atoms with Gasteiger partial charge in [-0.2, -0.15) is 0 Å². The highest BCUT2D eigenvalue weighted by Crippen LogP contribution is 2.41. The van der Waals surface area contributed by atoms with E-state index in [4.69, 9.17) is 4.42 Å². The summed E-state index contributed by atoms with van der Waals surface area (Å²) in [5.41, 5.74) is 1.11. The van der Waals surface area contributed by atoms with E-state index in [0.717, 1.165) is 23.3 Å². The van der Waals surface area contributed by atoms with Crippen LogP contribution in [0.2, 0.25) is 0 Å². The normalized spacial score (nSPS) is 17.0. The number of oxazole rings is 1. The van der Waals surface area contributed by atoms with E-state index in [9.17, 15) is 0 Å². The number of hydrogen-bond donors (Lipinski definition) is 1. The molecule has 1 aliphatic carbocycles. The van der Waals surface area contributed by atoms with Crippen molar-refractivity contribution in [3.63, 3.8) is 0 Å². The third kappa shape index (κ3) is 2.62. The van der Waals surface area contributed by atoms with Gasteiger partial charge in [0.15, 0.2) is 0 Å². The second-order valence-corrected chi connectivity index (χ2v) is 5.78. The Hall–Kier alpha value is -1.20. The Morgan fingerprint density at radius 2 is 2.33 bits per heavy atom. The van der Waals surface area contributed by atoms with Crippen molar-refractivity contribution in [2.24, 2.45) is 5.92 Å². The van der Waals surface area contributed by atoms with E-state index >= 15 is 0 Å². The highest BCUT2D eigenvalue weighted by molar-refractivity contribution is 7.09. The summed E-state index contributed by atoms with van der Waals surface area (Å²) in [6, 6.07) is 0.357. The average Bonchev–Trinajstić information content (AvgIpc) is 2.96. The highest BCUT2D eigenvalue weighted by atomic mass is 32.1. The molecule has 18 heavy (non-hydrogen) atoms. The molecule has 0 amide bonds. The Bertz CT molecular complexity index is 530. The maximum atomic E-state index is 5.48. The molecule has 2 heterocycles. The molecule has 1 N–H and O–H groups in total. The van der Waals surface area contributed by atoms with Gasteiger partial charge in [0.25, 0.3) is 0 Å². The van der Waals surface area contributed by atoms with Gasteiger partial charge in [-0.15, -0.1) is 11.3 Å². The number of nitrogens with zero attached hydrogens (tertiary/aromatic N) is 2. The lowest BCUT2D eigenvalue weighted by atomic mass is 10.2. The molecule has 1 saturated carbocycles. The van der Waals surface area contributed by atoms with Crippen molar-refractivity contribution in [2.75, 3.05) is 0 Å². The van der Waals surface area contributed by atoms with Gasteiger partial charge in [-0.1, -0.05) is 0 Å². The second kappa shape index (κ2) is 4.82. The largest absolute Gasteiger partial charge is 0.445 e. The number of rotatable bonds is 5. The summed E-state index contributed by atoms with van der Waals surface area (Å²) in [6.07, 6.45) is 4.35. The van der Waals surface area contributed by atoms with E-state index in [-0.39, 0.29) is 0 Å². The van der Waals surface area contributed by atoms with Crippen LogP contribution in [0.25, 0.3) is 0 Å². The van der Waals surface area contributed by atoms with Gasteiger partial charge in [0.2, 0.25) is 5.89 Å². The SMILES string of the molecule is Cc1csc([C@@H](NCc2ncc(C)o2)C2CC2)n1. The molecule has 0 spiro atoms. The third-order valence-corrected chi connectivity index (χ3v) is 4.18. The van der Waals surface area contributed by atoms with Gasteiger partial charge in [0, 0.05) is 11.1 Å². The standard InChI is InChI=1S/C13H17N3OS/c1-8-7-18-13(16-8)12(10-3-4-10)15-6-11-14-5-9(2)17-11/h5,7,10,12,15H,3-4,6H2,1-2H3/t12-/m0/s1. The van der Waals surface area contributed by atoms with Crippen LogP contribution in [-0.4, -0.2) is 9.97 Å². The first-order valence-electron chi connectivity index (χ1n) is 6.29. The molecule has 0 radical (unpaired) electrons. The zero-order valence-corrected chi connectivity index (χ0v) is 11.5. The monoisotopic (exact) mass is 263 g/mol. The Kier molecular flexibility index (Phi) is 3.18. The van der Waals surface area contributed by atoms with E-state index in [1.54, 1.807) is 17.5 Å². The number of nitrogens with one attached hydrogen (secondary N) is 1. The minimum atomic E-state index is 0.357. The Morgan fingerprint density at radius 1 is 1.50 bits per heavy atom. The van der Waals surface area contributed by atoms with Gasteiger partial charge < -0.3 is 4.42 Å². The number of aromatic nitrogens is 2. The Labute approximate surface area is 110 Å². The van der Waals surface area contributed by atoms with Crippen molar-refractivity contribution in [3.05, 3.63) is 33.9 Å². The van der Waals surface area contributed by atoms with E-state index < -0.39 is 0 Å². The summed E-state index contributed by atoms with van der Waals surface area (Å²) in [5, 5.41) is 6.84. The highest BCUT2D eigenvalue weighted by Gasteiger charge is 2.33. The molecule has 0 bridgehead atoms. The maximum Gasteiger partial charge on any atom is 0.208 e. The topological polar surface area (TPSA) is 51.0 Å². The minimum Gasteiger partial charge on any atom is -0.445 e. The molecule has 1 atom stereocenters. The first kappa shape index (κ1) is 11.9. The first-order valence-corrected chi connectivity index (χ1v) is 7.17. The fraction of sp³-hybridized carbons (Fsp3) is 0.538. The smallest absolute Gasteiger partial charge is 0.208 e. The van der Waals surface area contributed by atoms with Gasteiger partial charge in [0.1, 0.15) is 10.8 Å². The number of thiazole rings is 1. The van der Waals surface area contributed by atoms with Crippen molar-refractivity contribution in [2.45, 2.75) is 39.3 Å². The minimum absolute atomic E-state index is 0.357. The quantitative estimate of drug-likeness (QED) is 0.901. The van der Waals surface area contributed by atoms with Gasteiger partial charge in [-0.05, 0) is 32.6 Å². The van der Waals surface area contributed by atoms with Crippen molar-refractivity contribution >= 4 is 11.3 Å². The molecule has 4 nitrogen and oxygen atoms in total. The van der Waals surface area contributed by atoms with Crippen LogP contribution in [0.1, 0.15) is 41.2 Å². The summed E-state index contributed by atoms with van der Waals surface area (Å²) in [7, 11) is 0. The summed E-state index contributed by atoms with van der Waals surface area (Å²) >= 11 is 1.74. The summed E-state index contributed by atoms with van der Waals surface area (Å²) in [4.78, 5) is 8.81. The van der Waals surface area contributed by atoms with Crippen LogP contribution in [0.3, 0.4) is 0 Å². The zero-order chi connectivity index (χ0) is 12.5. The van der Waals surface area contributed by atoms with Crippen LogP contribution in [0.15, 0.2) is 16.0 Å². The fourth-order valence-corrected chi connectivity index (χ4v) is 3.04. The van der Waals surface area contributed by atoms with Crippen molar-refractivity contribution in [1.29, 1.82) is 0 Å². The van der Waals surface area contributed by atoms with Crippen LogP contribution in [0, 0.1) is 19.8 Å². The molecule has 0 saturated heterocycles. The molecule has 3 rings (SSSR count). The van der Waals surface area contributed by atoms with Crippen LogP contribution >= 0.6 is 11.3 Å². The molecule has 2 aromatic rings. The van der Waals surface area contributed by atoms with Crippen LogP contribution in [0.4, 0.5) is 0 Å². The zero-order valence-electron chi connectivity index (χ0n) is 10.6. The predicted octanol–water partition coefficient (Wildman–Crippen LogP) is 2.99. The third-order valence-electron chi connectivity index (χ3n) is 3.14. The summed E-state index contributed by atoms with van der Waals surface area (Å²) in [5.74, 6) is 2.35. The van der Waals surface area contributed by atoms with E-state index in [2.05, 4.69) is 20.7 Å². The summed E-state index contributed by atoms with van der Waals surface area (Å²) < 4.78 is 5.48. The molecule has 0 aliphatic heterocycles. The molecular formula is C13H17N3OS. The maximum absolute atomic E-state index is 5.48. The average molecular weight is 263 g/mol. The lowest BCUT2D eigenvalue weighted by molar-refractivity contribution is 0.406. The van der Waals surface area contributed by atoms with Crippen LogP contribution in [-0.2, 0) is 6.54 Å². The van der Waals surface area contributed by atoms with Gasteiger partial charge in [-0.25, -0.2) is 9.97 Å². The van der Waals surface area contributed by atoms with E-state index in [1.807, 2.05) is 13.8 Å².